The van der Waals surface area contributed by atoms with Gasteiger partial charge in [0.15, 0.2) is 0 Å². The van der Waals surface area contributed by atoms with Crippen LogP contribution in [-0.4, -0.2) is 34.6 Å². The van der Waals surface area contributed by atoms with Crippen LogP contribution in [0.4, 0.5) is 4.79 Å². The fraction of sp³-hybridized carbons (Fsp3) is 0.467. The van der Waals surface area contributed by atoms with Crippen molar-refractivity contribution in [3.63, 3.8) is 0 Å². The molecule has 20 heavy (non-hydrogen) atoms. The van der Waals surface area contributed by atoms with E-state index in [2.05, 4.69) is 5.32 Å². The van der Waals surface area contributed by atoms with Crippen molar-refractivity contribution in [1.29, 1.82) is 0 Å². The summed E-state index contributed by atoms with van der Waals surface area (Å²) in [7, 11) is 0. The van der Waals surface area contributed by atoms with Gasteiger partial charge in [-0.3, -0.25) is 0 Å². The van der Waals surface area contributed by atoms with Gasteiger partial charge in [0.1, 0.15) is 6.04 Å². The van der Waals surface area contributed by atoms with Crippen molar-refractivity contribution in [3.8, 4) is 0 Å². The van der Waals surface area contributed by atoms with Crippen LogP contribution in [0.3, 0.4) is 0 Å². The first-order chi connectivity index (χ1) is 9.59. The fourth-order valence-electron chi connectivity index (χ4n) is 2.52. The average Bonchev–Trinajstić information content (AvgIpc) is 2.48. The smallest absolute Gasteiger partial charge is 0.326 e. The number of amides is 2. The zero-order valence-electron chi connectivity index (χ0n) is 11.6. The lowest BCUT2D eigenvalue weighted by Crippen LogP contribution is -2.52. The zero-order valence-corrected chi connectivity index (χ0v) is 11.6. The highest BCUT2D eigenvalue weighted by Gasteiger charge is 2.32. The molecule has 0 aromatic heterocycles. The van der Waals surface area contributed by atoms with Gasteiger partial charge < -0.3 is 15.3 Å². The summed E-state index contributed by atoms with van der Waals surface area (Å²) < 4.78 is 0. The predicted octanol–water partition coefficient (Wildman–Crippen LogP) is 2.40. The quantitative estimate of drug-likeness (QED) is 0.890. The number of hydrogen-bond donors (Lipinski definition) is 2. The Kier molecular flexibility index (Phi) is 4.61. The lowest BCUT2D eigenvalue weighted by molar-refractivity contribution is -0.143. The standard InChI is InChI=1S/C15H20N2O3/c1-11(12-7-3-2-4-8-12)16-15(20)17-10-6-5-9-13(17)14(18)19/h2-4,7-8,11,13H,5-6,9-10H2,1H3,(H,16,20)(H,18,19)/t11-,13-/m0/s1. The molecule has 2 rings (SSSR count). The van der Waals surface area contributed by atoms with Crippen molar-refractivity contribution in [3.05, 3.63) is 35.9 Å². The summed E-state index contributed by atoms with van der Waals surface area (Å²) in [5.74, 6) is -0.924. The van der Waals surface area contributed by atoms with Gasteiger partial charge in [-0.25, -0.2) is 9.59 Å². The predicted molar refractivity (Wildman–Crippen MR) is 75.4 cm³/mol. The van der Waals surface area contributed by atoms with Crippen molar-refractivity contribution < 1.29 is 14.7 Å². The first-order valence-corrected chi connectivity index (χ1v) is 6.94. The van der Waals surface area contributed by atoms with Gasteiger partial charge in [0, 0.05) is 6.54 Å². The molecule has 0 bridgehead atoms. The second-order valence-electron chi connectivity index (χ2n) is 5.13. The van der Waals surface area contributed by atoms with Gasteiger partial charge >= 0.3 is 12.0 Å². The molecule has 1 aromatic rings. The molecule has 1 fully saturated rings. The van der Waals surface area contributed by atoms with E-state index in [1.807, 2.05) is 37.3 Å². The molecule has 108 valence electrons. The van der Waals surface area contributed by atoms with E-state index in [0.717, 1.165) is 18.4 Å². The number of nitrogens with one attached hydrogen (secondary N) is 1. The van der Waals surface area contributed by atoms with Crippen molar-refractivity contribution >= 4 is 12.0 Å². The van der Waals surface area contributed by atoms with Crippen LogP contribution in [0.2, 0.25) is 0 Å². The van der Waals surface area contributed by atoms with Crippen LogP contribution in [0, 0.1) is 0 Å². The number of piperidine rings is 1. The number of likely N-dealkylation sites (tertiary alicyclic amines) is 1. The molecule has 2 amide bonds. The summed E-state index contributed by atoms with van der Waals surface area (Å²) in [6.45, 7) is 2.40. The summed E-state index contributed by atoms with van der Waals surface area (Å²) in [6, 6.07) is 8.49. The van der Waals surface area contributed by atoms with Crippen molar-refractivity contribution in [1.82, 2.24) is 10.2 Å². The van der Waals surface area contributed by atoms with E-state index in [0.29, 0.717) is 13.0 Å². The minimum atomic E-state index is -0.924. The van der Waals surface area contributed by atoms with Crippen LogP contribution in [0.1, 0.15) is 37.8 Å². The van der Waals surface area contributed by atoms with Crippen LogP contribution in [-0.2, 0) is 4.79 Å². The number of hydrogen-bond acceptors (Lipinski definition) is 2. The molecule has 1 aliphatic heterocycles. The summed E-state index contributed by atoms with van der Waals surface area (Å²) in [5, 5.41) is 12.1. The van der Waals surface area contributed by atoms with Gasteiger partial charge in [-0.2, -0.15) is 0 Å². The molecular weight excluding hydrogens is 256 g/mol. The molecule has 0 spiro atoms. The van der Waals surface area contributed by atoms with Gasteiger partial charge in [-0.1, -0.05) is 30.3 Å². The Morgan fingerprint density at radius 1 is 1.30 bits per heavy atom. The van der Waals surface area contributed by atoms with Gasteiger partial charge in [-0.05, 0) is 31.7 Å². The Hall–Kier alpha value is -2.04. The Morgan fingerprint density at radius 2 is 2.00 bits per heavy atom. The van der Waals surface area contributed by atoms with Gasteiger partial charge in [0.2, 0.25) is 0 Å². The minimum absolute atomic E-state index is 0.139. The van der Waals surface area contributed by atoms with Crippen LogP contribution in [0.15, 0.2) is 30.3 Å². The molecule has 1 saturated heterocycles. The van der Waals surface area contributed by atoms with E-state index in [1.165, 1.54) is 4.90 Å². The number of aliphatic carboxylic acids is 1. The maximum Gasteiger partial charge on any atom is 0.326 e. The van der Waals surface area contributed by atoms with Crippen molar-refractivity contribution in [2.45, 2.75) is 38.3 Å². The molecule has 0 unspecified atom stereocenters. The molecule has 1 aromatic carbocycles. The van der Waals surface area contributed by atoms with E-state index < -0.39 is 12.0 Å². The Balaban J connectivity index is 2.01. The van der Waals surface area contributed by atoms with Crippen LogP contribution in [0.5, 0.6) is 0 Å². The van der Waals surface area contributed by atoms with E-state index in [9.17, 15) is 14.7 Å². The van der Waals surface area contributed by atoms with E-state index in [-0.39, 0.29) is 12.1 Å². The van der Waals surface area contributed by atoms with Crippen LogP contribution >= 0.6 is 0 Å². The number of benzene rings is 1. The second kappa shape index (κ2) is 6.41. The maximum atomic E-state index is 12.2. The minimum Gasteiger partial charge on any atom is -0.480 e. The largest absolute Gasteiger partial charge is 0.480 e. The van der Waals surface area contributed by atoms with Gasteiger partial charge in [-0.15, -0.1) is 0 Å². The van der Waals surface area contributed by atoms with E-state index >= 15 is 0 Å². The summed E-state index contributed by atoms with van der Waals surface area (Å²) in [5.41, 5.74) is 1.00. The number of carbonyl (C=O) groups is 2. The normalized spacial score (nSPS) is 20.2. The van der Waals surface area contributed by atoms with E-state index in [1.54, 1.807) is 0 Å². The third-order valence-electron chi connectivity index (χ3n) is 3.69. The number of urea groups is 1. The molecule has 1 heterocycles. The topological polar surface area (TPSA) is 69.6 Å². The second-order valence-corrected chi connectivity index (χ2v) is 5.13. The van der Waals surface area contributed by atoms with Crippen LogP contribution in [0.25, 0.3) is 0 Å². The Labute approximate surface area is 118 Å². The molecule has 2 N–H and O–H groups in total. The lowest BCUT2D eigenvalue weighted by Gasteiger charge is -2.33. The number of rotatable bonds is 3. The zero-order chi connectivity index (χ0) is 14.5. The van der Waals surface area contributed by atoms with Gasteiger partial charge in [0.25, 0.3) is 0 Å². The highest BCUT2D eigenvalue weighted by Crippen LogP contribution is 2.19. The SMILES string of the molecule is C[C@H](NC(=O)N1CCCC[C@H]1C(=O)O)c1ccccc1. The number of carboxylic acid groups (broad SMARTS) is 1. The highest BCUT2D eigenvalue weighted by molar-refractivity contribution is 5.83. The van der Waals surface area contributed by atoms with E-state index in [4.69, 9.17) is 0 Å². The maximum absolute atomic E-state index is 12.2. The fourth-order valence-corrected chi connectivity index (χ4v) is 2.52. The van der Waals surface area contributed by atoms with Crippen molar-refractivity contribution in [2.24, 2.45) is 0 Å². The molecule has 5 nitrogen and oxygen atoms in total. The highest BCUT2D eigenvalue weighted by atomic mass is 16.4. The summed E-state index contributed by atoms with van der Waals surface area (Å²) in [4.78, 5) is 24.9. The van der Waals surface area contributed by atoms with Gasteiger partial charge in [0.05, 0.1) is 6.04 Å². The summed E-state index contributed by atoms with van der Waals surface area (Å²) in [6.07, 6.45) is 2.24. The lowest BCUT2D eigenvalue weighted by atomic mass is 10.0. The molecule has 0 radical (unpaired) electrons. The molecule has 2 atom stereocenters. The molecular formula is C15H20N2O3. The molecule has 0 aliphatic carbocycles. The number of carboxylic acids is 1. The average molecular weight is 276 g/mol. The third-order valence-corrected chi connectivity index (χ3v) is 3.69. The monoisotopic (exact) mass is 276 g/mol. The Bertz CT molecular complexity index is 475. The molecule has 1 aliphatic rings. The summed E-state index contributed by atoms with van der Waals surface area (Å²) >= 11 is 0. The number of carbonyl (C=O) groups excluding carboxylic acids is 1. The van der Waals surface area contributed by atoms with Crippen LogP contribution < -0.4 is 5.32 Å². The Morgan fingerprint density at radius 3 is 2.65 bits per heavy atom. The third kappa shape index (κ3) is 3.29. The first kappa shape index (κ1) is 14.4. The van der Waals surface area contributed by atoms with Crippen molar-refractivity contribution in [2.75, 3.05) is 6.54 Å². The molecule has 0 saturated carbocycles. The number of nitrogens with zero attached hydrogens (tertiary/aromatic N) is 1. The first-order valence-electron chi connectivity index (χ1n) is 6.94. The molecule has 5 heteroatoms.